The van der Waals surface area contributed by atoms with Crippen molar-refractivity contribution >= 4 is 29.1 Å². The van der Waals surface area contributed by atoms with Crippen molar-refractivity contribution in [3.8, 4) is 0 Å². The third-order valence-electron chi connectivity index (χ3n) is 2.53. The second-order valence-corrected chi connectivity index (χ2v) is 7.48. The molecule has 0 spiro atoms. The van der Waals surface area contributed by atoms with E-state index in [4.69, 9.17) is 11.6 Å². The summed E-state index contributed by atoms with van der Waals surface area (Å²) in [5.41, 5.74) is 1.69. The predicted octanol–water partition coefficient (Wildman–Crippen LogP) is 3.28. The zero-order valence-corrected chi connectivity index (χ0v) is 13.3. The van der Waals surface area contributed by atoms with Crippen LogP contribution in [0.5, 0.6) is 0 Å². The molecule has 0 bridgehead atoms. The number of rotatable bonds is 5. The summed E-state index contributed by atoms with van der Waals surface area (Å²) in [5, 5.41) is 4.96. The van der Waals surface area contributed by atoms with Gasteiger partial charge in [0.15, 0.2) is 0 Å². The van der Waals surface area contributed by atoms with E-state index in [9.17, 15) is 4.79 Å². The third-order valence-corrected chi connectivity index (χ3v) is 4.30. The molecule has 0 aliphatic carbocycles. The molecule has 0 radical (unpaired) electrons. The van der Waals surface area contributed by atoms with Crippen LogP contribution >= 0.6 is 23.4 Å². The smallest absolute Gasteiger partial charge is 0.148 e. The van der Waals surface area contributed by atoms with Crippen LogP contribution in [0.4, 0.5) is 0 Å². The maximum atomic E-state index is 11.9. The van der Waals surface area contributed by atoms with E-state index in [1.54, 1.807) is 16.4 Å². The number of carbonyl (C=O) groups excluding carboxylic acids is 1. The van der Waals surface area contributed by atoms with Gasteiger partial charge in [0.2, 0.25) is 0 Å². The standard InChI is InChI=1S/C13H21ClN2OS/c1-6-10-12(14)11(16(5)15-10)7-9(17)8-18-13(2,3)4/h6-8H2,1-5H3. The van der Waals surface area contributed by atoms with E-state index in [0.717, 1.165) is 17.8 Å². The molecule has 102 valence electrons. The van der Waals surface area contributed by atoms with Crippen molar-refractivity contribution in [1.29, 1.82) is 0 Å². The second-order valence-electron chi connectivity index (χ2n) is 5.30. The molecule has 1 heterocycles. The Hall–Kier alpha value is -0.480. The zero-order valence-electron chi connectivity index (χ0n) is 11.7. The summed E-state index contributed by atoms with van der Waals surface area (Å²) >= 11 is 7.88. The second kappa shape index (κ2) is 6.11. The van der Waals surface area contributed by atoms with Crippen LogP contribution in [0.3, 0.4) is 0 Å². The lowest BCUT2D eigenvalue weighted by atomic mass is 10.2. The fourth-order valence-corrected chi connectivity index (χ4v) is 2.60. The first-order valence-corrected chi connectivity index (χ1v) is 7.47. The molecule has 18 heavy (non-hydrogen) atoms. The van der Waals surface area contributed by atoms with Gasteiger partial charge in [-0.25, -0.2) is 0 Å². The fourth-order valence-electron chi connectivity index (χ4n) is 1.55. The number of ketones is 1. The Balaban J connectivity index is 2.68. The average Bonchev–Trinajstić information content (AvgIpc) is 2.53. The first kappa shape index (κ1) is 15.6. The van der Waals surface area contributed by atoms with E-state index in [2.05, 4.69) is 25.9 Å². The minimum absolute atomic E-state index is 0.112. The minimum atomic E-state index is 0.112. The van der Waals surface area contributed by atoms with Crippen molar-refractivity contribution in [3.05, 3.63) is 16.4 Å². The highest BCUT2D eigenvalue weighted by Gasteiger charge is 2.18. The summed E-state index contributed by atoms with van der Waals surface area (Å²) in [7, 11) is 1.84. The Labute approximate surface area is 118 Å². The van der Waals surface area contributed by atoms with Gasteiger partial charge >= 0.3 is 0 Å². The normalized spacial score (nSPS) is 11.9. The monoisotopic (exact) mass is 288 g/mol. The molecule has 0 saturated carbocycles. The number of aromatic nitrogens is 2. The molecule has 0 aromatic carbocycles. The minimum Gasteiger partial charge on any atom is -0.298 e. The van der Waals surface area contributed by atoms with Crippen LogP contribution in [0.1, 0.15) is 39.1 Å². The third kappa shape index (κ3) is 4.32. The van der Waals surface area contributed by atoms with Crippen LogP contribution < -0.4 is 0 Å². The van der Waals surface area contributed by atoms with Crippen molar-refractivity contribution < 1.29 is 4.79 Å². The van der Waals surface area contributed by atoms with Gasteiger partial charge in [-0.1, -0.05) is 39.3 Å². The molecular weight excluding hydrogens is 268 g/mol. The molecule has 1 rings (SSSR count). The number of thioether (sulfide) groups is 1. The molecule has 5 heteroatoms. The molecule has 1 aromatic rings. The lowest BCUT2D eigenvalue weighted by Gasteiger charge is -2.16. The molecule has 0 amide bonds. The Bertz CT molecular complexity index is 435. The first-order valence-electron chi connectivity index (χ1n) is 6.10. The van der Waals surface area contributed by atoms with Gasteiger partial charge in [-0.05, 0) is 6.42 Å². The number of hydrogen-bond acceptors (Lipinski definition) is 3. The van der Waals surface area contributed by atoms with Gasteiger partial charge < -0.3 is 0 Å². The Kier molecular flexibility index (Phi) is 5.29. The van der Waals surface area contributed by atoms with E-state index in [1.807, 2.05) is 14.0 Å². The number of halogens is 1. The molecule has 0 aliphatic rings. The van der Waals surface area contributed by atoms with Crippen LogP contribution in [0.25, 0.3) is 0 Å². The quantitative estimate of drug-likeness (QED) is 0.834. The van der Waals surface area contributed by atoms with Gasteiger partial charge in [-0.2, -0.15) is 5.10 Å². The van der Waals surface area contributed by atoms with E-state index in [-0.39, 0.29) is 10.5 Å². The SMILES string of the molecule is CCc1nn(C)c(CC(=O)CSC(C)(C)C)c1Cl. The largest absolute Gasteiger partial charge is 0.298 e. The van der Waals surface area contributed by atoms with Crippen LogP contribution in [0.2, 0.25) is 5.02 Å². The van der Waals surface area contributed by atoms with E-state index < -0.39 is 0 Å². The average molecular weight is 289 g/mol. The van der Waals surface area contributed by atoms with Gasteiger partial charge in [-0.3, -0.25) is 9.48 Å². The van der Waals surface area contributed by atoms with Crippen LogP contribution in [0, 0.1) is 0 Å². The number of Topliss-reactive ketones (excluding diaryl/α,β-unsaturated/α-hetero) is 1. The fraction of sp³-hybridized carbons (Fsp3) is 0.692. The maximum Gasteiger partial charge on any atom is 0.148 e. The summed E-state index contributed by atoms with van der Waals surface area (Å²) in [4.78, 5) is 11.9. The number of aryl methyl sites for hydroxylation is 2. The first-order chi connectivity index (χ1) is 8.24. The summed E-state index contributed by atoms with van der Waals surface area (Å²) in [5.74, 6) is 0.717. The molecule has 0 N–H and O–H groups in total. The summed E-state index contributed by atoms with van der Waals surface area (Å²) in [6.07, 6.45) is 1.16. The number of nitrogens with zero attached hydrogens (tertiary/aromatic N) is 2. The number of carbonyl (C=O) groups is 1. The van der Waals surface area contributed by atoms with Gasteiger partial charge in [0, 0.05) is 11.8 Å². The van der Waals surface area contributed by atoms with Crippen LogP contribution in [-0.2, 0) is 24.7 Å². The Morgan fingerprint density at radius 2 is 2.06 bits per heavy atom. The molecule has 0 aliphatic heterocycles. The lowest BCUT2D eigenvalue weighted by Crippen LogP contribution is -2.15. The van der Waals surface area contributed by atoms with E-state index in [1.165, 1.54) is 0 Å². The van der Waals surface area contributed by atoms with Crippen LogP contribution in [-0.4, -0.2) is 26.1 Å². The highest BCUT2D eigenvalue weighted by atomic mass is 35.5. The number of hydrogen-bond donors (Lipinski definition) is 0. The van der Waals surface area contributed by atoms with Crippen molar-refractivity contribution in [3.63, 3.8) is 0 Å². The molecule has 0 fully saturated rings. The molecular formula is C13H21ClN2OS. The molecule has 0 atom stereocenters. The van der Waals surface area contributed by atoms with Crippen molar-refractivity contribution in [2.45, 2.75) is 45.3 Å². The maximum absolute atomic E-state index is 11.9. The zero-order chi connectivity index (χ0) is 13.9. The molecule has 1 aromatic heterocycles. The van der Waals surface area contributed by atoms with Gasteiger partial charge in [0.05, 0.1) is 28.6 Å². The molecule has 3 nitrogen and oxygen atoms in total. The Morgan fingerprint density at radius 3 is 2.50 bits per heavy atom. The Morgan fingerprint density at radius 1 is 1.44 bits per heavy atom. The highest BCUT2D eigenvalue weighted by molar-refractivity contribution is 8.01. The van der Waals surface area contributed by atoms with Crippen LogP contribution in [0.15, 0.2) is 0 Å². The van der Waals surface area contributed by atoms with Crippen molar-refractivity contribution in [2.24, 2.45) is 7.05 Å². The van der Waals surface area contributed by atoms with Gasteiger partial charge in [0.25, 0.3) is 0 Å². The summed E-state index contributed by atoms with van der Waals surface area (Å²) in [6.45, 7) is 8.33. The molecule has 0 saturated heterocycles. The topological polar surface area (TPSA) is 34.9 Å². The van der Waals surface area contributed by atoms with Crippen molar-refractivity contribution in [1.82, 2.24) is 9.78 Å². The van der Waals surface area contributed by atoms with E-state index in [0.29, 0.717) is 17.2 Å². The summed E-state index contributed by atoms with van der Waals surface area (Å²) in [6, 6.07) is 0. The molecule has 0 unspecified atom stereocenters. The van der Waals surface area contributed by atoms with Crippen molar-refractivity contribution in [2.75, 3.05) is 5.75 Å². The van der Waals surface area contributed by atoms with Gasteiger partial charge in [0.1, 0.15) is 5.78 Å². The summed E-state index contributed by atoms with van der Waals surface area (Å²) < 4.78 is 1.83. The lowest BCUT2D eigenvalue weighted by molar-refractivity contribution is -0.116. The van der Waals surface area contributed by atoms with Gasteiger partial charge in [-0.15, -0.1) is 11.8 Å². The van der Waals surface area contributed by atoms with E-state index >= 15 is 0 Å². The highest BCUT2D eigenvalue weighted by Crippen LogP contribution is 2.25. The predicted molar refractivity (Wildman–Crippen MR) is 78.5 cm³/mol.